The summed E-state index contributed by atoms with van der Waals surface area (Å²) in [5.41, 5.74) is 2.58. The normalized spacial score (nSPS) is 14.0. The van der Waals surface area contributed by atoms with Gasteiger partial charge in [-0.05, 0) is 23.8 Å². The van der Waals surface area contributed by atoms with Crippen LogP contribution in [0.1, 0.15) is 16.7 Å². The van der Waals surface area contributed by atoms with Gasteiger partial charge >= 0.3 is 0 Å². The summed E-state index contributed by atoms with van der Waals surface area (Å²) in [5.74, 6) is -0.219. The van der Waals surface area contributed by atoms with Gasteiger partial charge in [0.25, 0.3) is 0 Å². The zero-order valence-electron chi connectivity index (χ0n) is 13.2. The molecule has 1 aliphatic rings. The molecule has 0 spiro atoms. The zero-order valence-corrected chi connectivity index (χ0v) is 13.9. The third-order valence-corrected chi connectivity index (χ3v) is 4.82. The largest absolute Gasteiger partial charge is 0.507 e. The topological polar surface area (TPSA) is 70.4 Å². The van der Waals surface area contributed by atoms with E-state index in [9.17, 15) is 15.0 Å². The first-order valence-electron chi connectivity index (χ1n) is 7.85. The molecule has 1 aliphatic carbocycles. The van der Waals surface area contributed by atoms with Crippen LogP contribution in [0.2, 0.25) is 5.02 Å². The summed E-state index contributed by atoms with van der Waals surface area (Å²) >= 11 is 6.29. The second-order valence-corrected chi connectivity index (χ2v) is 6.43. The Hall–Kier alpha value is -2.85. The van der Waals surface area contributed by atoms with Crippen LogP contribution >= 0.6 is 11.6 Å². The smallest absolute Gasteiger partial charge is 0.167 e. The Morgan fingerprint density at radius 2 is 1.92 bits per heavy atom. The Morgan fingerprint density at radius 3 is 2.76 bits per heavy atom. The number of phenolic OH excluding ortho intramolecular Hbond substituents is 1. The van der Waals surface area contributed by atoms with Crippen molar-refractivity contribution in [1.82, 2.24) is 4.98 Å². The van der Waals surface area contributed by atoms with Gasteiger partial charge in [0.2, 0.25) is 0 Å². The van der Waals surface area contributed by atoms with Crippen LogP contribution in [0.25, 0.3) is 16.7 Å². The summed E-state index contributed by atoms with van der Waals surface area (Å²) in [6, 6.07) is 12.4. The molecule has 0 amide bonds. The predicted molar refractivity (Wildman–Crippen MR) is 96.8 cm³/mol. The van der Waals surface area contributed by atoms with Crippen molar-refractivity contribution in [1.29, 1.82) is 0 Å². The van der Waals surface area contributed by atoms with E-state index in [2.05, 4.69) is 4.98 Å². The minimum Gasteiger partial charge on any atom is -0.507 e. The van der Waals surface area contributed by atoms with Crippen molar-refractivity contribution < 1.29 is 15.0 Å². The van der Waals surface area contributed by atoms with E-state index in [4.69, 9.17) is 11.6 Å². The number of pyridine rings is 1. The number of rotatable bonds is 2. The van der Waals surface area contributed by atoms with Gasteiger partial charge in [0.1, 0.15) is 17.0 Å². The van der Waals surface area contributed by atoms with Crippen LogP contribution in [0, 0.1) is 0 Å². The number of aromatic hydroxyl groups is 1. The van der Waals surface area contributed by atoms with E-state index in [1.165, 1.54) is 0 Å². The van der Waals surface area contributed by atoms with Crippen molar-refractivity contribution in [2.24, 2.45) is 0 Å². The molecule has 4 nitrogen and oxygen atoms in total. The van der Waals surface area contributed by atoms with Crippen LogP contribution in [-0.4, -0.2) is 21.0 Å². The summed E-state index contributed by atoms with van der Waals surface area (Å²) < 4.78 is 0. The number of nitrogens with zero attached hydrogens (tertiary/aromatic N) is 1. The number of phenols is 1. The lowest BCUT2D eigenvalue weighted by molar-refractivity contribution is -0.115. The number of benzene rings is 2. The number of hydrogen-bond donors (Lipinski definition) is 2. The molecule has 2 aromatic carbocycles. The van der Waals surface area contributed by atoms with Crippen LogP contribution in [-0.2, 0) is 17.6 Å². The number of Topliss-reactive ketones (excluding diaryl/α,β-unsaturated/α-hetero) is 1. The Balaban J connectivity index is 1.84. The summed E-state index contributed by atoms with van der Waals surface area (Å²) in [6.45, 7) is 0. The number of carbonyl (C=O) groups excluding carboxylic acids is 1. The molecule has 2 N–H and O–H groups in total. The van der Waals surface area contributed by atoms with E-state index in [1.807, 2.05) is 18.2 Å². The van der Waals surface area contributed by atoms with Crippen molar-refractivity contribution in [3.8, 4) is 5.75 Å². The molecule has 0 atom stereocenters. The molecular weight excluding hydrogens is 338 g/mol. The number of halogens is 1. The SMILES string of the molecule is O=C1Cc2ccccc2C(O)=C1Cc1cc(Cl)c2cccnc2c1O. The number of allylic oxidation sites excluding steroid dienone is 1. The number of aliphatic hydroxyl groups excluding tert-OH is 1. The first kappa shape index (κ1) is 15.7. The van der Waals surface area contributed by atoms with Crippen LogP contribution < -0.4 is 0 Å². The molecule has 1 aromatic heterocycles. The molecule has 0 fully saturated rings. The van der Waals surface area contributed by atoms with E-state index in [0.29, 0.717) is 27.1 Å². The lowest BCUT2D eigenvalue weighted by Crippen LogP contribution is -2.17. The molecule has 0 aliphatic heterocycles. The summed E-state index contributed by atoms with van der Waals surface area (Å²) in [7, 11) is 0. The highest BCUT2D eigenvalue weighted by Gasteiger charge is 2.26. The van der Waals surface area contributed by atoms with E-state index in [0.717, 1.165) is 5.56 Å². The molecule has 25 heavy (non-hydrogen) atoms. The standard InChI is InChI=1S/C20H14ClNO3/c21-16-9-12(19(24)18-14(16)6-3-7-22-18)8-15-17(23)10-11-4-1-2-5-13(11)20(15)25/h1-7,9,24-25H,8,10H2. The molecular formula is C20H14ClNO3. The first-order valence-corrected chi connectivity index (χ1v) is 8.22. The third kappa shape index (κ3) is 2.55. The maximum absolute atomic E-state index is 12.5. The maximum Gasteiger partial charge on any atom is 0.167 e. The van der Waals surface area contributed by atoms with Gasteiger partial charge in [0.05, 0.1) is 5.02 Å². The molecule has 1 heterocycles. The van der Waals surface area contributed by atoms with Crippen molar-refractivity contribution in [3.63, 3.8) is 0 Å². The number of carbonyl (C=O) groups is 1. The maximum atomic E-state index is 12.5. The molecule has 0 saturated heterocycles. The van der Waals surface area contributed by atoms with Gasteiger partial charge in [-0.3, -0.25) is 9.78 Å². The number of fused-ring (bicyclic) bond motifs is 2. The van der Waals surface area contributed by atoms with E-state index >= 15 is 0 Å². The van der Waals surface area contributed by atoms with E-state index < -0.39 is 0 Å². The quantitative estimate of drug-likeness (QED) is 0.724. The summed E-state index contributed by atoms with van der Waals surface area (Å²) in [4.78, 5) is 16.7. The predicted octanol–water partition coefficient (Wildman–Crippen LogP) is 4.23. The fraction of sp³-hybridized carbons (Fsp3) is 0.100. The molecule has 124 valence electrons. The second kappa shape index (κ2) is 5.90. The molecule has 5 heteroatoms. The second-order valence-electron chi connectivity index (χ2n) is 6.03. The van der Waals surface area contributed by atoms with Crippen LogP contribution in [0.4, 0.5) is 0 Å². The average Bonchev–Trinajstić information content (AvgIpc) is 2.62. The van der Waals surface area contributed by atoms with Gasteiger partial charge in [-0.2, -0.15) is 0 Å². The fourth-order valence-electron chi connectivity index (χ4n) is 3.23. The number of ketones is 1. The molecule has 0 saturated carbocycles. The van der Waals surface area contributed by atoms with Crippen LogP contribution in [0.5, 0.6) is 5.75 Å². The highest BCUT2D eigenvalue weighted by Crippen LogP contribution is 2.36. The van der Waals surface area contributed by atoms with E-state index in [1.54, 1.807) is 30.5 Å². The van der Waals surface area contributed by atoms with Crippen LogP contribution in [0.3, 0.4) is 0 Å². The molecule has 0 unspecified atom stereocenters. The van der Waals surface area contributed by atoms with Crippen molar-refractivity contribution >= 4 is 34.0 Å². The van der Waals surface area contributed by atoms with Crippen molar-refractivity contribution in [3.05, 3.63) is 75.9 Å². The van der Waals surface area contributed by atoms with Gasteiger partial charge in [-0.1, -0.05) is 35.9 Å². The lowest BCUT2D eigenvalue weighted by Gasteiger charge is -2.19. The zero-order chi connectivity index (χ0) is 17.6. The van der Waals surface area contributed by atoms with Crippen molar-refractivity contribution in [2.45, 2.75) is 12.8 Å². The van der Waals surface area contributed by atoms with Gasteiger partial charge in [-0.15, -0.1) is 0 Å². The van der Waals surface area contributed by atoms with Gasteiger partial charge < -0.3 is 10.2 Å². The van der Waals surface area contributed by atoms with Gasteiger partial charge in [-0.25, -0.2) is 0 Å². The minimum atomic E-state index is -0.159. The van der Waals surface area contributed by atoms with Crippen molar-refractivity contribution in [2.75, 3.05) is 0 Å². The average molecular weight is 352 g/mol. The molecule has 3 aromatic rings. The number of aromatic nitrogens is 1. The van der Waals surface area contributed by atoms with Crippen LogP contribution in [0.15, 0.2) is 54.2 Å². The number of hydrogen-bond acceptors (Lipinski definition) is 4. The Bertz CT molecular complexity index is 1060. The van der Waals surface area contributed by atoms with E-state index in [-0.39, 0.29) is 35.7 Å². The summed E-state index contributed by atoms with van der Waals surface area (Å²) in [6.07, 6.45) is 1.90. The third-order valence-electron chi connectivity index (χ3n) is 4.51. The fourth-order valence-corrected chi connectivity index (χ4v) is 3.51. The number of aliphatic hydroxyl groups is 1. The molecule has 0 bridgehead atoms. The lowest BCUT2D eigenvalue weighted by atomic mass is 9.86. The Morgan fingerprint density at radius 1 is 1.12 bits per heavy atom. The van der Waals surface area contributed by atoms with Gasteiger partial charge in [0.15, 0.2) is 5.78 Å². The highest BCUT2D eigenvalue weighted by atomic mass is 35.5. The monoisotopic (exact) mass is 351 g/mol. The Labute approximate surface area is 149 Å². The first-order chi connectivity index (χ1) is 12.1. The minimum absolute atomic E-state index is 0.0213. The Kier molecular flexibility index (Phi) is 3.70. The summed E-state index contributed by atoms with van der Waals surface area (Å²) in [5, 5.41) is 22.2. The molecule has 4 rings (SSSR count). The molecule has 0 radical (unpaired) electrons. The highest BCUT2D eigenvalue weighted by molar-refractivity contribution is 6.35. The van der Waals surface area contributed by atoms with Gasteiger partial charge in [0, 0.05) is 41.1 Å².